The van der Waals surface area contributed by atoms with Crippen molar-refractivity contribution in [2.24, 2.45) is 0 Å². The van der Waals surface area contributed by atoms with Crippen LogP contribution in [0.25, 0.3) is 0 Å². The number of aromatic nitrogens is 2. The molecule has 0 saturated carbocycles. The lowest BCUT2D eigenvalue weighted by molar-refractivity contribution is -0.137. The third kappa shape index (κ3) is 3.57. The average molecular weight is 268 g/mol. The number of rotatable bonds is 3. The fourth-order valence-corrected chi connectivity index (χ4v) is 1.47. The van der Waals surface area contributed by atoms with E-state index in [-0.39, 0.29) is 6.54 Å². The second-order valence-electron chi connectivity index (χ2n) is 3.89. The van der Waals surface area contributed by atoms with Crippen LogP contribution in [0.4, 0.5) is 24.8 Å². The minimum Gasteiger partial charge on any atom is -0.396 e. The zero-order chi connectivity index (χ0) is 13.9. The molecule has 1 heterocycles. The van der Waals surface area contributed by atoms with Crippen molar-refractivity contribution in [2.45, 2.75) is 12.7 Å². The molecule has 0 unspecified atom stereocenters. The van der Waals surface area contributed by atoms with Gasteiger partial charge in [0.1, 0.15) is 0 Å². The molecule has 1 aromatic carbocycles. The molecule has 0 aliphatic carbocycles. The van der Waals surface area contributed by atoms with E-state index in [1.165, 1.54) is 18.5 Å². The van der Waals surface area contributed by atoms with Crippen LogP contribution in [0.3, 0.4) is 0 Å². The third-order valence-corrected chi connectivity index (χ3v) is 2.38. The number of nitrogen functional groups attached to an aromatic ring is 1. The minimum absolute atomic E-state index is 0.202. The van der Waals surface area contributed by atoms with Crippen LogP contribution in [0, 0.1) is 0 Å². The van der Waals surface area contributed by atoms with Gasteiger partial charge < -0.3 is 11.1 Å². The molecule has 0 radical (unpaired) electrons. The van der Waals surface area contributed by atoms with Crippen molar-refractivity contribution in [3.8, 4) is 0 Å². The van der Waals surface area contributed by atoms with E-state index in [2.05, 4.69) is 15.3 Å². The van der Waals surface area contributed by atoms with Gasteiger partial charge in [0, 0.05) is 6.54 Å². The van der Waals surface area contributed by atoms with E-state index >= 15 is 0 Å². The number of hydrogen-bond acceptors (Lipinski definition) is 4. The maximum atomic E-state index is 12.5. The molecule has 0 fully saturated rings. The van der Waals surface area contributed by atoms with Crippen molar-refractivity contribution in [3.05, 3.63) is 47.8 Å². The summed E-state index contributed by atoms with van der Waals surface area (Å²) in [6.07, 6.45) is -1.50. The maximum Gasteiger partial charge on any atom is 0.416 e. The van der Waals surface area contributed by atoms with Gasteiger partial charge in [-0.3, -0.25) is 0 Å². The van der Waals surface area contributed by atoms with Gasteiger partial charge in [0.25, 0.3) is 0 Å². The summed E-state index contributed by atoms with van der Waals surface area (Å²) in [7, 11) is 0. The van der Waals surface area contributed by atoms with E-state index in [9.17, 15) is 13.2 Å². The highest BCUT2D eigenvalue weighted by Crippen LogP contribution is 2.29. The summed E-state index contributed by atoms with van der Waals surface area (Å²) in [6, 6.07) is 5.08. The SMILES string of the molecule is Nc1cnc(NCc2cccc(C(F)(F)F)c2)nc1. The van der Waals surface area contributed by atoms with E-state index in [1.807, 2.05) is 0 Å². The number of nitrogens with two attached hydrogens (primary N) is 1. The van der Waals surface area contributed by atoms with Crippen LogP contribution in [0.15, 0.2) is 36.7 Å². The Morgan fingerprint density at radius 2 is 1.84 bits per heavy atom. The monoisotopic (exact) mass is 268 g/mol. The molecule has 7 heteroatoms. The number of hydrogen-bond donors (Lipinski definition) is 2. The van der Waals surface area contributed by atoms with Crippen molar-refractivity contribution in [1.82, 2.24) is 9.97 Å². The van der Waals surface area contributed by atoms with Crippen molar-refractivity contribution in [2.75, 3.05) is 11.1 Å². The summed E-state index contributed by atoms with van der Waals surface area (Å²) in [5.41, 5.74) is 5.66. The average Bonchev–Trinajstić information content (AvgIpc) is 2.37. The fourth-order valence-electron chi connectivity index (χ4n) is 1.47. The van der Waals surface area contributed by atoms with E-state index in [1.54, 1.807) is 6.07 Å². The first kappa shape index (κ1) is 13.1. The van der Waals surface area contributed by atoms with Gasteiger partial charge in [-0.2, -0.15) is 13.2 Å². The Morgan fingerprint density at radius 1 is 1.16 bits per heavy atom. The lowest BCUT2D eigenvalue weighted by Crippen LogP contribution is -2.08. The van der Waals surface area contributed by atoms with Crippen molar-refractivity contribution in [3.63, 3.8) is 0 Å². The van der Waals surface area contributed by atoms with E-state index in [0.29, 0.717) is 17.2 Å². The Hall–Kier alpha value is -2.31. The largest absolute Gasteiger partial charge is 0.416 e. The topological polar surface area (TPSA) is 63.8 Å². The molecule has 0 spiro atoms. The highest BCUT2D eigenvalue weighted by molar-refractivity contribution is 5.37. The van der Waals surface area contributed by atoms with E-state index < -0.39 is 11.7 Å². The van der Waals surface area contributed by atoms with Crippen molar-refractivity contribution in [1.29, 1.82) is 0 Å². The van der Waals surface area contributed by atoms with Crippen molar-refractivity contribution < 1.29 is 13.2 Å². The van der Waals surface area contributed by atoms with Crippen LogP contribution < -0.4 is 11.1 Å². The first-order valence-corrected chi connectivity index (χ1v) is 5.43. The Balaban J connectivity index is 2.05. The van der Waals surface area contributed by atoms with Crippen LogP contribution in [-0.2, 0) is 12.7 Å². The van der Waals surface area contributed by atoms with Gasteiger partial charge >= 0.3 is 6.18 Å². The molecule has 2 aromatic rings. The molecular formula is C12H11F3N4. The molecule has 0 atom stereocenters. The molecule has 1 aromatic heterocycles. The summed E-state index contributed by atoms with van der Waals surface area (Å²) in [4.78, 5) is 7.79. The first-order chi connectivity index (χ1) is 8.95. The summed E-state index contributed by atoms with van der Waals surface area (Å²) >= 11 is 0. The second kappa shape index (κ2) is 5.13. The normalized spacial score (nSPS) is 11.3. The van der Waals surface area contributed by atoms with Crippen LogP contribution in [-0.4, -0.2) is 9.97 Å². The van der Waals surface area contributed by atoms with Gasteiger partial charge in [0.05, 0.1) is 23.6 Å². The number of nitrogens with zero attached hydrogens (tertiary/aromatic N) is 2. The molecule has 100 valence electrons. The minimum atomic E-state index is -4.34. The third-order valence-electron chi connectivity index (χ3n) is 2.38. The highest BCUT2D eigenvalue weighted by Gasteiger charge is 2.30. The quantitative estimate of drug-likeness (QED) is 0.898. The lowest BCUT2D eigenvalue weighted by Gasteiger charge is -2.09. The summed E-state index contributed by atoms with van der Waals surface area (Å²) in [5, 5.41) is 2.82. The van der Waals surface area contributed by atoms with E-state index in [0.717, 1.165) is 12.1 Å². The molecule has 0 bridgehead atoms. The Morgan fingerprint density at radius 3 is 2.47 bits per heavy atom. The first-order valence-electron chi connectivity index (χ1n) is 5.43. The molecule has 0 aliphatic rings. The molecule has 0 aliphatic heterocycles. The zero-order valence-electron chi connectivity index (χ0n) is 9.78. The highest BCUT2D eigenvalue weighted by atomic mass is 19.4. The van der Waals surface area contributed by atoms with Gasteiger partial charge in [-0.15, -0.1) is 0 Å². The standard InChI is InChI=1S/C12H11F3N4/c13-12(14,15)9-3-1-2-8(4-9)5-17-11-18-6-10(16)7-19-11/h1-4,6-7H,5,16H2,(H,17,18,19). The fraction of sp³-hybridized carbons (Fsp3) is 0.167. The maximum absolute atomic E-state index is 12.5. The van der Waals surface area contributed by atoms with E-state index in [4.69, 9.17) is 5.73 Å². The molecule has 2 rings (SSSR count). The summed E-state index contributed by atoms with van der Waals surface area (Å²) in [5.74, 6) is 0.312. The van der Waals surface area contributed by atoms with Crippen LogP contribution in [0.1, 0.15) is 11.1 Å². The molecule has 4 nitrogen and oxygen atoms in total. The summed E-state index contributed by atoms with van der Waals surface area (Å²) < 4.78 is 37.5. The Kier molecular flexibility index (Phi) is 3.55. The summed E-state index contributed by atoms with van der Waals surface area (Å²) in [6.45, 7) is 0.202. The van der Waals surface area contributed by atoms with Gasteiger partial charge in [-0.05, 0) is 17.7 Å². The number of benzene rings is 1. The van der Waals surface area contributed by atoms with Gasteiger partial charge in [-0.25, -0.2) is 9.97 Å². The van der Waals surface area contributed by atoms with Crippen LogP contribution >= 0.6 is 0 Å². The van der Waals surface area contributed by atoms with Crippen molar-refractivity contribution >= 4 is 11.6 Å². The lowest BCUT2D eigenvalue weighted by atomic mass is 10.1. The molecular weight excluding hydrogens is 257 g/mol. The van der Waals surface area contributed by atoms with Gasteiger partial charge in [0.15, 0.2) is 0 Å². The molecule has 3 N–H and O–H groups in total. The number of nitrogens with one attached hydrogen (secondary N) is 1. The smallest absolute Gasteiger partial charge is 0.396 e. The number of halogens is 3. The van der Waals surface area contributed by atoms with Crippen LogP contribution in [0.2, 0.25) is 0 Å². The second-order valence-corrected chi connectivity index (χ2v) is 3.89. The van der Waals surface area contributed by atoms with Gasteiger partial charge in [0.2, 0.25) is 5.95 Å². The predicted octanol–water partition coefficient (Wildman–Crippen LogP) is 2.69. The zero-order valence-corrected chi connectivity index (χ0v) is 9.78. The molecule has 0 amide bonds. The Bertz CT molecular complexity index is 552. The number of anilines is 2. The molecule has 19 heavy (non-hydrogen) atoms. The molecule has 0 saturated heterocycles. The number of alkyl halides is 3. The Labute approximate surface area is 107 Å². The van der Waals surface area contributed by atoms with Crippen LogP contribution in [0.5, 0.6) is 0 Å². The predicted molar refractivity (Wildman–Crippen MR) is 65.2 cm³/mol. The van der Waals surface area contributed by atoms with Gasteiger partial charge in [-0.1, -0.05) is 12.1 Å².